The predicted octanol–water partition coefficient (Wildman–Crippen LogP) is 1.11. The topological polar surface area (TPSA) is 77.2 Å². The van der Waals surface area contributed by atoms with Crippen LogP contribution in [0.4, 0.5) is 5.69 Å². The Bertz CT molecular complexity index is 481. The van der Waals surface area contributed by atoms with Crippen molar-refractivity contribution in [1.82, 2.24) is 4.98 Å². The molecule has 1 aliphatic heterocycles. The first-order valence-corrected chi connectivity index (χ1v) is 5.45. The summed E-state index contributed by atoms with van der Waals surface area (Å²) in [7, 11) is 0. The molecule has 1 fully saturated rings. The van der Waals surface area contributed by atoms with Gasteiger partial charge in [-0.05, 0) is 18.1 Å². The second-order valence-corrected chi connectivity index (χ2v) is 4.34. The van der Waals surface area contributed by atoms with E-state index in [1.165, 1.54) is 0 Å². The maximum Gasteiger partial charge on any atom is 0.308 e. The fourth-order valence-corrected chi connectivity index (χ4v) is 2.18. The molecule has 1 saturated heterocycles. The van der Waals surface area contributed by atoms with Gasteiger partial charge in [0.15, 0.2) is 0 Å². The lowest BCUT2D eigenvalue weighted by atomic mass is 9.99. The van der Waals surface area contributed by atoms with Gasteiger partial charge >= 0.3 is 5.97 Å². The van der Waals surface area contributed by atoms with Gasteiger partial charge in [0.05, 0.1) is 5.92 Å². The van der Waals surface area contributed by atoms with Crippen LogP contribution in [-0.2, 0) is 4.79 Å². The number of nitrogens with zero attached hydrogens (tertiary/aromatic N) is 3. The normalized spacial score (nSPS) is 23.4. The van der Waals surface area contributed by atoms with Gasteiger partial charge in [-0.2, -0.15) is 5.26 Å². The average molecular weight is 231 g/mol. The Balaban J connectivity index is 2.20. The number of pyridine rings is 1. The minimum atomic E-state index is -0.755. The zero-order valence-electron chi connectivity index (χ0n) is 9.50. The van der Waals surface area contributed by atoms with Gasteiger partial charge in [-0.3, -0.25) is 4.79 Å². The Hall–Kier alpha value is -2.09. The van der Waals surface area contributed by atoms with Crippen molar-refractivity contribution in [2.45, 2.75) is 6.92 Å². The van der Waals surface area contributed by atoms with Crippen LogP contribution in [-0.4, -0.2) is 29.1 Å². The van der Waals surface area contributed by atoms with E-state index in [1.54, 1.807) is 18.3 Å². The maximum atomic E-state index is 11.0. The lowest BCUT2D eigenvalue weighted by Crippen LogP contribution is -2.23. The minimum Gasteiger partial charge on any atom is -0.481 e. The van der Waals surface area contributed by atoms with Crippen molar-refractivity contribution in [3.63, 3.8) is 0 Å². The molecule has 2 atom stereocenters. The SMILES string of the molecule is C[C@@H]1CN(c2ccnc(C#N)c2)C[C@H]1C(=O)O. The minimum absolute atomic E-state index is 0.117. The molecule has 2 rings (SSSR count). The van der Waals surface area contributed by atoms with Crippen molar-refractivity contribution < 1.29 is 9.90 Å². The number of aromatic nitrogens is 1. The molecule has 0 saturated carbocycles. The van der Waals surface area contributed by atoms with Crippen LogP contribution in [0.1, 0.15) is 12.6 Å². The molecule has 0 bridgehead atoms. The fraction of sp³-hybridized carbons (Fsp3) is 0.417. The van der Waals surface area contributed by atoms with Gasteiger partial charge in [0.25, 0.3) is 0 Å². The van der Waals surface area contributed by atoms with Crippen molar-refractivity contribution in [2.75, 3.05) is 18.0 Å². The van der Waals surface area contributed by atoms with E-state index in [-0.39, 0.29) is 11.8 Å². The van der Waals surface area contributed by atoms with Crippen LogP contribution in [0.5, 0.6) is 0 Å². The number of carbonyl (C=O) groups is 1. The Morgan fingerprint density at radius 3 is 3.00 bits per heavy atom. The zero-order valence-corrected chi connectivity index (χ0v) is 9.50. The van der Waals surface area contributed by atoms with Crippen molar-refractivity contribution in [3.8, 4) is 6.07 Å². The Morgan fingerprint density at radius 1 is 1.65 bits per heavy atom. The molecule has 88 valence electrons. The van der Waals surface area contributed by atoms with Gasteiger partial charge < -0.3 is 10.0 Å². The van der Waals surface area contributed by atoms with E-state index in [9.17, 15) is 4.79 Å². The summed E-state index contributed by atoms with van der Waals surface area (Å²) in [6.45, 7) is 3.13. The van der Waals surface area contributed by atoms with Crippen LogP contribution in [0.15, 0.2) is 18.3 Å². The molecule has 2 heterocycles. The third kappa shape index (κ3) is 2.21. The molecule has 17 heavy (non-hydrogen) atoms. The third-order valence-corrected chi connectivity index (χ3v) is 3.15. The summed E-state index contributed by atoms with van der Waals surface area (Å²) in [4.78, 5) is 16.9. The second kappa shape index (κ2) is 4.42. The molecule has 1 aliphatic rings. The summed E-state index contributed by atoms with van der Waals surface area (Å²) in [6.07, 6.45) is 1.58. The lowest BCUT2D eigenvalue weighted by Gasteiger charge is -2.17. The van der Waals surface area contributed by atoms with Crippen molar-refractivity contribution >= 4 is 11.7 Å². The second-order valence-electron chi connectivity index (χ2n) is 4.34. The standard InChI is InChI=1S/C12H13N3O2/c1-8-6-15(7-11(8)12(16)17)10-2-3-14-9(4-10)5-13/h2-4,8,11H,6-7H2,1H3,(H,16,17)/t8-,11-/m1/s1. The first kappa shape index (κ1) is 11.4. The van der Waals surface area contributed by atoms with Crippen LogP contribution in [0.25, 0.3) is 0 Å². The molecule has 1 aromatic heterocycles. The number of carboxylic acid groups (broad SMARTS) is 1. The molecule has 0 radical (unpaired) electrons. The van der Waals surface area contributed by atoms with Crippen molar-refractivity contribution in [3.05, 3.63) is 24.0 Å². The molecular formula is C12H13N3O2. The Labute approximate surface area is 99.3 Å². The molecule has 0 aliphatic carbocycles. The number of aliphatic carboxylic acids is 1. The zero-order chi connectivity index (χ0) is 12.4. The van der Waals surface area contributed by atoms with Gasteiger partial charge in [0.1, 0.15) is 11.8 Å². The van der Waals surface area contributed by atoms with Crippen LogP contribution >= 0.6 is 0 Å². The number of nitriles is 1. The first-order valence-electron chi connectivity index (χ1n) is 5.45. The highest BCUT2D eigenvalue weighted by Crippen LogP contribution is 2.28. The largest absolute Gasteiger partial charge is 0.481 e. The summed E-state index contributed by atoms with van der Waals surface area (Å²) in [5.41, 5.74) is 1.22. The highest BCUT2D eigenvalue weighted by molar-refractivity contribution is 5.72. The fourth-order valence-electron chi connectivity index (χ4n) is 2.18. The number of anilines is 1. The summed E-state index contributed by atoms with van der Waals surface area (Å²) >= 11 is 0. The van der Waals surface area contributed by atoms with Gasteiger partial charge in [0, 0.05) is 25.0 Å². The number of carboxylic acids is 1. The summed E-state index contributed by atoms with van der Waals surface area (Å²) in [6, 6.07) is 5.48. The van der Waals surface area contributed by atoms with E-state index in [4.69, 9.17) is 10.4 Å². The molecular weight excluding hydrogens is 218 g/mol. The van der Waals surface area contributed by atoms with Crippen LogP contribution in [0, 0.1) is 23.2 Å². The Morgan fingerprint density at radius 2 is 2.41 bits per heavy atom. The van der Waals surface area contributed by atoms with Crippen LogP contribution in [0.2, 0.25) is 0 Å². The summed E-state index contributed by atoms with van der Waals surface area (Å²) in [5.74, 6) is -0.977. The Kier molecular flexibility index (Phi) is 2.96. The third-order valence-electron chi connectivity index (χ3n) is 3.15. The van der Waals surface area contributed by atoms with Crippen LogP contribution in [0.3, 0.4) is 0 Å². The molecule has 5 nitrogen and oxygen atoms in total. The molecule has 0 spiro atoms. The molecule has 0 unspecified atom stereocenters. The van der Waals surface area contributed by atoms with Crippen molar-refractivity contribution in [2.24, 2.45) is 11.8 Å². The van der Waals surface area contributed by atoms with Gasteiger partial charge in [0.2, 0.25) is 0 Å². The molecule has 5 heteroatoms. The van der Waals surface area contributed by atoms with E-state index in [0.29, 0.717) is 18.8 Å². The van der Waals surface area contributed by atoms with Gasteiger partial charge in [-0.15, -0.1) is 0 Å². The summed E-state index contributed by atoms with van der Waals surface area (Å²) < 4.78 is 0. The predicted molar refractivity (Wildman–Crippen MR) is 61.5 cm³/mol. The number of hydrogen-bond donors (Lipinski definition) is 1. The quantitative estimate of drug-likeness (QED) is 0.825. The first-order chi connectivity index (χ1) is 8.11. The van der Waals surface area contributed by atoms with E-state index < -0.39 is 5.97 Å². The maximum absolute atomic E-state index is 11.0. The lowest BCUT2D eigenvalue weighted by molar-refractivity contribution is -0.142. The monoisotopic (exact) mass is 231 g/mol. The highest BCUT2D eigenvalue weighted by atomic mass is 16.4. The number of hydrogen-bond acceptors (Lipinski definition) is 4. The summed E-state index contributed by atoms with van der Waals surface area (Å²) in [5, 5.41) is 17.8. The highest BCUT2D eigenvalue weighted by Gasteiger charge is 2.34. The van der Waals surface area contributed by atoms with E-state index >= 15 is 0 Å². The smallest absolute Gasteiger partial charge is 0.308 e. The number of rotatable bonds is 2. The molecule has 1 N–H and O–H groups in total. The van der Waals surface area contributed by atoms with Gasteiger partial charge in [-0.25, -0.2) is 4.98 Å². The van der Waals surface area contributed by atoms with E-state index in [1.807, 2.05) is 17.9 Å². The van der Waals surface area contributed by atoms with E-state index in [2.05, 4.69) is 4.98 Å². The molecule has 0 amide bonds. The van der Waals surface area contributed by atoms with E-state index in [0.717, 1.165) is 5.69 Å². The average Bonchev–Trinajstić information content (AvgIpc) is 2.71. The van der Waals surface area contributed by atoms with Crippen molar-refractivity contribution in [1.29, 1.82) is 5.26 Å². The molecule has 0 aromatic carbocycles. The van der Waals surface area contributed by atoms with Crippen LogP contribution < -0.4 is 4.90 Å². The van der Waals surface area contributed by atoms with Gasteiger partial charge in [-0.1, -0.05) is 6.92 Å². The molecule has 1 aromatic rings.